The Labute approximate surface area is 93.2 Å². The lowest BCUT2D eigenvalue weighted by atomic mass is 9.92. The molecular weight excluding hydrogens is 221 g/mol. The summed E-state index contributed by atoms with van der Waals surface area (Å²) in [5, 5.41) is 0. The van der Waals surface area contributed by atoms with Crippen LogP contribution in [-0.4, -0.2) is 24.7 Å². The van der Waals surface area contributed by atoms with E-state index in [-0.39, 0.29) is 30.6 Å². The van der Waals surface area contributed by atoms with Crippen LogP contribution in [0.3, 0.4) is 0 Å². The summed E-state index contributed by atoms with van der Waals surface area (Å²) in [6.45, 7) is 2.47. The molecule has 1 fully saturated rings. The third-order valence-corrected chi connectivity index (χ3v) is 2.91. The van der Waals surface area contributed by atoms with Crippen LogP contribution in [0, 0.1) is 5.92 Å². The van der Waals surface area contributed by atoms with Gasteiger partial charge in [-0.15, -0.1) is 0 Å². The van der Waals surface area contributed by atoms with Gasteiger partial charge in [0.1, 0.15) is 5.78 Å². The summed E-state index contributed by atoms with van der Waals surface area (Å²) in [6.07, 6.45) is -3.80. The first-order chi connectivity index (χ1) is 7.44. The number of alkyl halides is 3. The molecule has 2 unspecified atom stereocenters. The van der Waals surface area contributed by atoms with Crippen molar-refractivity contribution in [3.63, 3.8) is 0 Å². The summed E-state index contributed by atoms with van der Waals surface area (Å²) in [5.74, 6) is -0.258. The molecule has 16 heavy (non-hydrogen) atoms. The summed E-state index contributed by atoms with van der Waals surface area (Å²) in [4.78, 5) is 11.7. The predicted molar refractivity (Wildman–Crippen MR) is 53.1 cm³/mol. The largest absolute Gasteiger partial charge is 0.389 e. The number of carbonyl (C=O) groups is 1. The van der Waals surface area contributed by atoms with Crippen molar-refractivity contribution >= 4 is 5.78 Å². The number of ketones is 1. The van der Waals surface area contributed by atoms with E-state index in [2.05, 4.69) is 0 Å². The van der Waals surface area contributed by atoms with Crippen molar-refractivity contribution in [2.24, 2.45) is 5.92 Å². The van der Waals surface area contributed by atoms with Crippen LogP contribution in [0.4, 0.5) is 13.2 Å². The van der Waals surface area contributed by atoms with Gasteiger partial charge in [-0.25, -0.2) is 0 Å². The van der Waals surface area contributed by atoms with Gasteiger partial charge in [-0.3, -0.25) is 4.79 Å². The molecule has 0 aromatic heterocycles. The van der Waals surface area contributed by atoms with Crippen LogP contribution in [-0.2, 0) is 9.53 Å². The van der Waals surface area contributed by atoms with Crippen LogP contribution in [0.5, 0.6) is 0 Å². The smallest absolute Gasteiger partial charge is 0.377 e. The number of Topliss-reactive ketones (excluding diaryl/α,β-unsaturated/α-hetero) is 1. The first-order valence-electron chi connectivity index (χ1n) is 5.65. The number of rotatable bonds is 5. The molecule has 0 aromatic carbocycles. The highest BCUT2D eigenvalue weighted by Gasteiger charge is 2.33. The molecule has 2 nitrogen and oxygen atoms in total. The fourth-order valence-electron chi connectivity index (χ4n) is 2.07. The third-order valence-electron chi connectivity index (χ3n) is 2.91. The van der Waals surface area contributed by atoms with Crippen molar-refractivity contribution in [2.45, 2.75) is 51.3 Å². The van der Waals surface area contributed by atoms with E-state index < -0.39 is 12.6 Å². The molecule has 94 valence electrons. The van der Waals surface area contributed by atoms with Gasteiger partial charge < -0.3 is 4.74 Å². The first-order valence-corrected chi connectivity index (χ1v) is 5.65. The van der Waals surface area contributed by atoms with Gasteiger partial charge in [-0.05, 0) is 19.3 Å². The SMILES string of the molecule is CCC1OCCC1C(=O)CCCC(F)(F)F. The monoisotopic (exact) mass is 238 g/mol. The summed E-state index contributed by atoms with van der Waals surface area (Å²) in [5.41, 5.74) is 0. The number of hydrogen-bond acceptors (Lipinski definition) is 2. The summed E-state index contributed by atoms with van der Waals surface area (Å²) < 4.78 is 41.0. The van der Waals surface area contributed by atoms with Gasteiger partial charge in [0, 0.05) is 25.4 Å². The molecule has 0 saturated carbocycles. The number of ether oxygens (including phenoxy) is 1. The molecule has 1 aliphatic heterocycles. The van der Waals surface area contributed by atoms with E-state index in [9.17, 15) is 18.0 Å². The van der Waals surface area contributed by atoms with Gasteiger partial charge in [-0.2, -0.15) is 13.2 Å². The Morgan fingerprint density at radius 1 is 1.44 bits per heavy atom. The molecule has 0 aromatic rings. The van der Waals surface area contributed by atoms with E-state index in [0.717, 1.165) is 6.42 Å². The number of hydrogen-bond donors (Lipinski definition) is 0. The van der Waals surface area contributed by atoms with Crippen LogP contribution in [0.15, 0.2) is 0 Å². The molecule has 1 rings (SSSR count). The van der Waals surface area contributed by atoms with E-state index in [1.54, 1.807) is 0 Å². The lowest BCUT2D eigenvalue weighted by Crippen LogP contribution is -2.23. The van der Waals surface area contributed by atoms with E-state index >= 15 is 0 Å². The highest BCUT2D eigenvalue weighted by atomic mass is 19.4. The minimum Gasteiger partial charge on any atom is -0.377 e. The molecular formula is C11H17F3O2. The number of carbonyl (C=O) groups excluding carboxylic acids is 1. The molecule has 0 spiro atoms. The van der Waals surface area contributed by atoms with Gasteiger partial charge >= 0.3 is 6.18 Å². The van der Waals surface area contributed by atoms with Crippen molar-refractivity contribution in [1.29, 1.82) is 0 Å². The molecule has 1 heterocycles. The van der Waals surface area contributed by atoms with Crippen LogP contribution >= 0.6 is 0 Å². The molecule has 0 radical (unpaired) electrons. The quantitative estimate of drug-likeness (QED) is 0.735. The van der Waals surface area contributed by atoms with Crippen molar-refractivity contribution in [3.8, 4) is 0 Å². The maximum atomic E-state index is 11.9. The zero-order valence-corrected chi connectivity index (χ0v) is 9.35. The topological polar surface area (TPSA) is 26.3 Å². The number of halogens is 3. The Morgan fingerprint density at radius 2 is 2.12 bits per heavy atom. The molecule has 0 aliphatic carbocycles. The zero-order chi connectivity index (χ0) is 12.2. The van der Waals surface area contributed by atoms with Crippen molar-refractivity contribution in [3.05, 3.63) is 0 Å². The molecule has 0 bridgehead atoms. The lowest BCUT2D eigenvalue weighted by molar-refractivity contribution is -0.138. The standard InChI is InChI=1S/C11H17F3O2/c1-2-10-8(5-7-16-10)9(15)4-3-6-11(12,13)14/h8,10H,2-7H2,1H3. The minimum atomic E-state index is -4.16. The van der Waals surface area contributed by atoms with Crippen molar-refractivity contribution < 1.29 is 22.7 Å². The first kappa shape index (κ1) is 13.5. The predicted octanol–water partition coefficient (Wildman–Crippen LogP) is 3.10. The minimum absolute atomic E-state index is 0.0179. The fraction of sp³-hybridized carbons (Fsp3) is 0.909. The second kappa shape index (κ2) is 5.66. The van der Waals surface area contributed by atoms with Gasteiger partial charge in [0.15, 0.2) is 0 Å². The molecule has 0 N–H and O–H groups in total. The van der Waals surface area contributed by atoms with Crippen molar-refractivity contribution in [1.82, 2.24) is 0 Å². The van der Waals surface area contributed by atoms with Gasteiger partial charge in [0.25, 0.3) is 0 Å². The van der Waals surface area contributed by atoms with Crippen LogP contribution in [0.25, 0.3) is 0 Å². The maximum Gasteiger partial charge on any atom is 0.389 e. The summed E-state index contributed by atoms with van der Waals surface area (Å²) in [6, 6.07) is 0. The normalized spacial score (nSPS) is 26.0. The van der Waals surface area contributed by atoms with E-state index in [4.69, 9.17) is 4.74 Å². The van der Waals surface area contributed by atoms with Gasteiger partial charge in [0.2, 0.25) is 0 Å². The molecule has 5 heteroatoms. The Morgan fingerprint density at radius 3 is 2.69 bits per heavy atom. The second-order valence-corrected chi connectivity index (χ2v) is 4.15. The van der Waals surface area contributed by atoms with E-state index in [1.807, 2.05) is 6.92 Å². The van der Waals surface area contributed by atoms with E-state index in [0.29, 0.717) is 13.0 Å². The third kappa shape index (κ3) is 4.12. The van der Waals surface area contributed by atoms with Crippen LogP contribution < -0.4 is 0 Å². The highest BCUT2D eigenvalue weighted by molar-refractivity contribution is 5.81. The zero-order valence-electron chi connectivity index (χ0n) is 9.35. The Balaban J connectivity index is 2.29. The average molecular weight is 238 g/mol. The molecule has 1 saturated heterocycles. The second-order valence-electron chi connectivity index (χ2n) is 4.15. The maximum absolute atomic E-state index is 11.9. The summed E-state index contributed by atoms with van der Waals surface area (Å²) >= 11 is 0. The highest BCUT2D eigenvalue weighted by Crippen LogP contribution is 2.27. The lowest BCUT2D eigenvalue weighted by Gasteiger charge is -2.15. The van der Waals surface area contributed by atoms with E-state index in [1.165, 1.54) is 0 Å². The molecule has 0 amide bonds. The molecule has 1 aliphatic rings. The summed E-state index contributed by atoms with van der Waals surface area (Å²) in [7, 11) is 0. The average Bonchev–Trinajstić information content (AvgIpc) is 2.63. The van der Waals surface area contributed by atoms with Crippen LogP contribution in [0.1, 0.15) is 39.0 Å². The van der Waals surface area contributed by atoms with Gasteiger partial charge in [0.05, 0.1) is 6.10 Å². The molecule has 2 atom stereocenters. The fourth-order valence-corrected chi connectivity index (χ4v) is 2.07. The van der Waals surface area contributed by atoms with Gasteiger partial charge in [-0.1, -0.05) is 6.92 Å². The van der Waals surface area contributed by atoms with Crippen molar-refractivity contribution in [2.75, 3.05) is 6.61 Å². The Bertz CT molecular complexity index is 238. The van der Waals surface area contributed by atoms with Crippen LogP contribution in [0.2, 0.25) is 0 Å². The Hall–Kier alpha value is -0.580. The Kier molecular flexibility index (Phi) is 4.77.